The van der Waals surface area contributed by atoms with Crippen molar-refractivity contribution in [3.05, 3.63) is 59.7 Å². The van der Waals surface area contributed by atoms with Crippen LogP contribution < -0.4 is 10.2 Å². The molecule has 0 aromatic heterocycles. The molecular formula is C23H31N3O. The van der Waals surface area contributed by atoms with E-state index in [1.807, 2.05) is 12.1 Å². The number of benzene rings is 2. The van der Waals surface area contributed by atoms with Gasteiger partial charge in [0.15, 0.2) is 0 Å². The van der Waals surface area contributed by atoms with Crippen LogP contribution in [-0.2, 0) is 11.3 Å². The van der Waals surface area contributed by atoms with Gasteiger partial charge in [0.1, 0.15) is 0 Å². The molecule has 0 spiro atoms. The van der Waals surface area contributed by atoms with Gasteiger partial charge in [0, 0.05) is 37.6 Å². The second kappa shape index (κ2) is 9.05. The second-order valence-corrected chi connectivity index (χ2v) is 7.37. The van der Waals surface area contributed by atoms with Gasteiger partial charge in [-0.2, -0.15) is 0 Å². The average Bonchev–Trinajstić information content (AvgIpc) is 3.14. The standard InChI is InChI=1S/C23H31N3O/c1-4-26(5-2)21-11-12-22(18(3)15-21)24-23(27)20-13-14-25(17-20)16-19-9-7-6-8-10-19/h6-12,15,20H,4-5,13-14,16-17H2,1-3H3,(H,24,27). The molecule has 1 heterocycles. The zero-order chi connectivity index (χ0) is 19.2. The quantitative estimate of drug-likeness (QED) is 0.794. The van der Waals surface area contributed by atoms with Crippen LogP contribution in [0.5, 0.6) is 0 Å². The summed E-state index contributed by atoms with van der Waals surface area (Å²) in [4.78, 5) is 17.4. The zero-order valence-corrected chi connectivity index (χ0v) is 16.7. The summed E-state index contributed by atoms with van der Waals surface area (Å²) in [5.41, 5.74) is 4.57. The van der Waals surface area contributed by atoms with E-state index in [4.69, 9.17) is 0 Å². The van der Waals surface area contributed by atoms with E-state index in [1.165, 1.54) is 11.3 Å². The highest BCUT2D eigenvalue weighted by Gasteiger charge is 2.28. The molecule has 144 valence electrons. The third-order valence-electron chi connectivity index (χ3n) is 5.49. The molecule has 1 unspecified atom stereocenters. The van der Waals surface area contributed by atoms with Gasteiger partial charge in [-0.1, -0.05) is 30.3 Å². The number of hydrogen-bond donors (Lipinski definition) is 1. The lowest BCUT2D eigenvalue weighted by Crippen LogP contribution is -2.27. The monoisotopic (exact) mass is 365 g/mol. The van der Waals surface area contributed by atoms with Crippen LogP contribution in [0.15, 0.2) is 48.5 Å². The minimum Gasteiger partial charge on any atom is -0.372 e. The van der Waals surface area contributed by atoms with Crippen molar-refractivity contribution in [3.8, 4) is 0 Å². The number of carbonyl (C=O) groups is 1. The number of amides is 1. The number of nitrogens with zero attached hydrogens (tertiary/aromatic N) is 2. The smallest absolute Gasteiger partial charge is 0.228 e. The van der Waals surface area contributed by atoms with E-state index in [-0.39, 0.29) is 11.8 Å². The second-order valence-electron chi connectivity index (χ2n) is 7.37. The van der Waals surface area contributed by atoms with E-state index in [0.717, 1.165) is 50.4 Å². The van der Waals surface area contributed by atoms with Gasteiger partial charge < -0.3 is 10.2 Å². The van der Waals surface area contributed by atoms with Crippen molar-refractivity contribution < 1.29 is 4.79 Å². The molecule has 1 saturated heterocycles. The van der Waals surface area contributed by atoms with Crippen LogP contribution in [-0.4, -0.2) is 37.0 Å². The Morgan fingerprint density at radius 2 is 1.89 bits per heavy atom. The first-order chi connectivity index (χ1) is 13.1. The van der Waals surface area contributed by atoms with Crippen LogP contribution >= 0.6 is 0 Å². The predicted octanol–water partition coefficient (Wildman–Crippen LogP) is 4.30. The summed E-state index contributed by atoms with van der Waals surface area (Å²) in [7, 11) is 0. The minimum absolute atomic E-state index is 0.0653. The van der Waals surface area contributed by atoms with E-state index in [9.17, 15) is 4.79 Å². The van der Waals surface area contributed by atoms with E-state index >= 15 is 0 Å². The van der Waals surface area contributed by atoms with Crippen LogP contribution in [0, 0.1) is 12.8 Å². The molecule has 0 radical (unpaired) electrons. The maximum absolute atomic E-state index is 12.7. The Labute approximate surface area is 163 Å². The highest BCUT2D eigenvalue weighted by atomic mass is 16.1. The molecule has 1 N–H and O–H groups in total. The van der Waals surface area contributed by atoms with E-state index in [1.54, 1.807) is 0 Å². The van der Waals surface area contributed by atoms with Crippen LogP contribution in [0.1, 0.15) is 31.4 Å². The Kier molecular flexibility index (Phi) is 6.51. The summed E-state index contributed by atoms with van der Waals surface area (Å²) >= 11 is 0. The number of nitrogens with one attached hydrogen (secondary N) is 1. The lowest BCUT2D eigenvalue weighted by Gasteiger charge is -2.22. The van der Waals surface area contributed by atoms with Crippen molar-refractivity contribution in [1.82, 2.24) is 4.90 Å². The fourth-order valence-corrected chi connectivity index (χ4v) is 3.84. The SMILES string of the molecule is CCN(CC)c1ccc(NC(=O)C2CCN(Cc3ccccc3)C2)c(C)c1. The molecule has 27 heavy (non-hydrogen) atoms. The predicted molar refractivity (Wildman–Crippen MR) is 113 cm³/mol. The van der Waals surface area contributed by atoms with Gasteiger partial charge >= 0.3 is 0 Å². The molecule has 1 aliphatic heterocycles. The molecule has 1 atom stereocenters. The summed E-state index contributed by atoms with van der Waals surface area (Å²) in [5, 5.41) is 3.15. The van der Waals surface area contributed by atoms with Gasteiger partial charge in [-0.15, -0.1) is 0 Å². The topological polar surface area (TPSA) is 35.6 Å². The summed E-state index contributed by atoms with van der Waals surface area (Å²) in [6.45, 7) is 11.1. The Bertz CT molecular complexity index is 755. The summed E-state index contributed by atoms with van der Waals surface area (Å²) < 4.78 is 0. The fourth-order valence-electron chi connectivity index (χ4n) is 3.84. The van der Waals surface area contributed by atoms with E-state index < -0.39 is 0 Å². The molecule has 0 aliphatic carbocycles. The largest absolute Gasteiger partial charge is 0.372 e. The van der Waals surface area contributed by atoms with Crippen molar-refractivity contribution in [2.45, 2.75) is 33.7 Å². The highest BCUT2D eigenvalue weighted by molar-refractivity contribution is 5.93. The zero-order valence-electron chi connectivity index (χ0n) is 16.7. The van der Waals surface area contributed by atoms with Gasteiger partial charge in [-0.05, 0) is 63.1 Å². The van der Waals surface area contributed by atoms with Gasteiger partial charge in [0.05, 0.1) is 5.92 Å². The molecular weight excluding hydrogens is 334 g/mol. The lowest BCUT2D eigenvalue weighted by molar-refractivity contribution is -0.119. The third kappa shape index (κ3) is 4.89. The Morgan fingerprint density at radius 1 is 1.15 bits per heavy atom. The maximum atomic E-state index is 12.7. The Morgan fingerprint density at radius 3 is 2.56 bits per heavy atom. The molecule has 0 bridgehead atoms. The number of carbonyl (C=O) groups excluding carboxylic acids is 1. The number of aryl methyl sites for hydroxylation is 1. The summed E-state index contributed by atoms with van der Waals surface area (Å²) in [5.74, 6) is 0.208. The molecule has 0 saturated carbocycles. The first-order valence-electron chi connectivity index (χ1n) is 10.0. The van der Waals surface area contributed by atoms with Crippen LogP contribution in [0.25, 0.3) is 0 Å². The lowest BCUT2D eigenvalue weighted by atomic mass is 10.1. The van der Waals surface area contributed by atoms with Gasteiger partial charge in [-0.3, -0.25) is 9.69 Å². The number of likely N-dealkylation sites (tertiary alicyclic amines) is 1. The third-order valence-corrected chi connectivity index (χ3v) is 5.49. The van der Waals surface area contributed by atoms with Gasteiger partial charge in [0.25, 0.3) is 0 Å². The van der Waals surface area contributed by atoms with Crippen molar-refractivity contribution in [3.63, 3.8) is 0 Å². The van der Waals surface area contributed by atoms with Crippen LogP contribution in [0.2, 0.25) is 0 Å². The molecule has 1 aliphatic rings. The van der Waals surface area contributed by atoms with Crippen molar-refractivity contribution in [1.29, 1.82) is 0 Å². The van der Waals surface area contributed by atoms with Crippen LogP contribution in [0.4, 0.5) is 11.4 Å². The number of anilines is 2. The molecule has 2 aromatic carbocycles. The fraction of sp³-hybridized carbons (Fsp3) is 0.435. The molecule has 4 nitrogen and oxygen atoms in total. The summed E-state index contributed by atoms with van der Waals surface area (Å²) in [6.07, 6.45) is 0.926. The molecule has 3 rings (SSSR count). The van der Waals surface area contributed by atoms with Crippen molar-refractivity contribution in [2.24, 2.45) is 5.92 Å². The maximum Gasteiger partial charge on any atom is 0.228 e. The van der Waals surface area contributed by atoms with Crippen LogP contribution in [0.3, 0.4) is 0 Å². The number of rotatable bonds is 7. The molecule has 1 fully saturated rings. The molecule has 2 aromatic rings. The first kappa shape index (κ1) is 19.4. The van der Waals surface area contributed by atoms with E-state index in [0.29, 0.717) is 0 Å². The molecule has 1 amide bonds. The van der Waals surface area contributed by atoms with E-state index in [2.05, 4.69) is 72.3 Å². The highest BCUT2D eigenvalue weighted by Crippen LogP contribution is 2.25. The summed E-state index contributed by atoms with van der Waals surface area (Å²) in [6, 6.07) is 16.8. The minimum atomic E-state index is 0.0653. The molecule has 4 heteroatoms. The first-order valence-corrected chi connectivity index (χ1v) is 10.0. The number of hydrogen-bond acceptors (Lipinski definition) is 3. The van der Waals surface area contributed by atoms with Gasteiger partial charge in [-0.25, -0.2) is 0 Å². The van der Waals surface area contributed by atoms with Crippen molar-refractivity contribution >= 4 is 17.3 Å². The van der Waals surface area contributed by atoms with Gasteiger partial charge in [0.2, 0.25) is 5.91 Å². The normalized spacial score (nSPS) is 17.1. The average molecular weight is 366 g/mol. The Hall–Kier alpha value is -2.33. The Balaban J connectivity index is 1.58. The van der Waals surface area contributed by atoms with Crippen molar-refractivity contribution in [2.75, 3.05) is 36.4 Å².